The Labute approximate surface area is 169 Å². The second-order valence-corrected chi connectivity index (χ2v) is 8.92. The average molecular weight is 389 g/mol. The van der Waals surface area contributed by atoms with E-state index < -0.39 is 6.10 Å². The molecule has 1 saturated carbocycles. The molecular weight excluding hydrogens is 352 g/mol. The molecule has 0 radical (unpaired) electrons. The smallest absolute Gasteiger partial charge is 0.119 e. The third-order valence-corrected chi connectivity index (χ3v) is 6.53. The number of hydrogen-bond donors (Lipinski definition) is 1. The largest absolute Gasteiger partial charge is 0.491 e. The van der Waals surface area contributed by atoms with Gasteiger partial charge in [0.15, 0.2) is 0 Å². The minimum atomic E-state index is -0.422. The number of rotatable bonds is 7. The van der Waals surface area contributed by atoms with Gasteiger partial charge in [0.25, 0.3) is 0 Å². The monoisotopic (exact) mass is 388 g/mol. The molecule has 1 aliphatic carbocycles. The zero-order valence-corrected chi connectivity index (χ0v) is 17.2. The normalized spacial score (nSPS) is 24.5. The van der Waals surface area contributed by atoms with Gasteiger partial charge in [-0.05, 0) is 56.5 Å². The van der Waals surface area contributed by atoms with Crippen molar-refractivity contribution in [3.8, 4) is 5.75 Å². The van der Waals surface area contributed by atoms with Crippen LogP contribution in [0.2, 0.25) is 0 Å². The van der Waals surface area contributed by atoms with Crippen LogP contribution < -0.4 is 4.74 Å². The summed E-state index contributed by atoms with van der Waals surface area (Å²) in [5, 5.41) is 10.2. The van der Waals surface area contributed by atoms with E-state index in [1.54, 1.807) is 0 Å². The van der Waals surface area contributed by atoms with E-state index in [0.717, 1.165) is 51.6 Å². The Hall–Kier alpha value is -1.14. The van der Waals surface area contributed by atoms with Crippen LogP contribution in [0.3, 0.4) is 0 Å². The molecule has 5 heteroatoms. The van der Waals surface area contributed by atoms with Crippen LogP contribution in [0.1, 0.15) is 50.5 Å². The summed E-state index contributed by atoms with van der Waals surface area (Å²) in [6, 6.07) is 8.38. The van der Waals surface area contributed by atoms with Crippen molar-refractivity contribution in [3.63, 3.8) is 0 Å². The molecule has 5 nitrogen and oxygen atoms in total. The summed E-state index contributed by atoms with van der Waals surface area (Å²) >= 11 is 0. The maximum Gasteiger partial charge on any atom is 0.119 e. The van der Waals surface area contributed by atoms with Gasteiger partial charge in [-0.15, -0.1) is 0 Å². The number of benzene rings is 1. The number of likely N-dealkylation sites (tertiary alicyclic amines) is 1. The van der Waals surface area contributed by atoms with Gasteiger partial charge in [0.1, 0.15) is 18.5 Å². The first kappa shape index (κ1) is 20.1. The first-order valence-corrected chi connectivity index (χ1v) is 11.2. The molecule has 1 spiro atoms. The van der Waals surface area contributed by atoms with Crippen molar-refractivity contribution in [2.24, 2.45) is 0 Å². The van der Waals surface area contributed by atoms with Gasteiger partial charge in [-0.1, -0.05) is 31.4 Å². The van der Waals surface area contributed by atoms with Crippen LogP contribution in [0, 0.1) is 0 Å². The summed E-state index contributed by atoms with van der Waals surface area (Å²) in [6.07, 6.45) is 8.45. The molecule has 156 valence electrons. The van der Waals surface area contributed by atoms with Gasteiger partial charge in [0.05, 0.1) is 12.2 Å². The molecule has 0 bridgehead atoms. The maximum atomic E-state index is 10.2. The third kappa shape index (κ3) is 5.47. The van der Waals surface area contributed by atoms with E-state index in [0.29, 0.717) is 6.61 Å². The van der Waals surface area contributed by atoms with Gasteiger partial charge in [0, 0.05) is 26.2 Å². The first-order chi connectivity index (χ1) is 13.7. The van der Waals surface area contributed by atoms with Gasteiger partial charge >= 0.3 is 0 Å². The zero-order chi connectivity index (χ0) is 19.2. The quantitative estimate of drug-likeness (QED) is 0.778. The summed E-state index contributed by atoms with van der Waals surface area (Å²) in [5.74, 6) is 0.843. The molecule has 28 heavy (non-hydrogen) atoms. The fraction of sp³-hybridized carbons (Fsp3) is 0.739. The van der Waals surface area contributed by atoms with Crippen LogP contribution in [0.4, 0.5) is 0 Å². The SMILES string of the molecule is O[C@@H](COc1ccc(CN2CCOC3(CCCC3)C2)cc1)CN1CCCCC1. The van der Waals surface area contributed by atoms with E-state index in [-0.39, 0.29) is 5.60 Å². The van der Waals surface area contributed by atoms with E-state index in [1.165, 1.54) is 50.5 Å². The van der Waals surface area contributed by atoms with Crippen molar-refractivity contribution in [2.75, 3.05) is 45.9 Å². The van der Waals surface area contributed by atoms with Gasteiger partial charge in [0.2, 0.25) is 0 Å². The predicted molar refractivity (Wildman–Crippen MR) is 111 cm³/mol. The Kier molecular flexibility index (Phi) is 6.89. The molecule has 1 aromatic rings. The highest BCUT2D eigenvalue weighted by molar-refractivity contribution is 5.27. The number of β-amino-alcohol motifs (C(OH)–C–C–N with tert-alkyl or cyclic N) is 1. The topological polar surface area (TPSA) is 45.2 Å². The Balaban J connectivity index is 1.21. The van der Waals surface area contributed by atoms with Crippen molar-refractivity contribution in [1.82, 2.24) is 9.80 Å². The average Bonchev–Trinajstić information content (AvgIpc) is 3.16. The van der Waals surface area contributed by atoms with Crippen LogP contribution in [0.15, 0.2) is 24.3 Å². The molecule has 0 aromatic heterocycles. The number of aliphatic hydroxyl groups is 1. The summed E-state index contributed by atoms with van der Waals surface area (Å²) in [7, 11) is 0. The molecule has 2 saturated heterocycles. The molecular formula is C23H36N2O3. The molecule has 2 aliphatic heterocycles. The second kappa shape index (κ2) is 9.57. The summed E-state index contributed by atoms with van der Waals surface area (Å²) in [5.41, 5.74) is 1.45. The lowest BCUT2D eigenvalue weighted by Gasteiger charge is -2.40. The number of aliphatic hydroxyl groups excluding tert-OH is 1. The first-order valence-electron chi connectivity index (χ1n) is 11.2. The van der Waals surface area contributed by atoms with Crippen LogP contribution in [-0.2, 0) is 11.3 Å². The lowest BCUT2D eigenvalue weighted by atomic mass is 9.99. The number of piperidine rings is 1. The lowest BCUT2D eigenvalue weighted by molar-refractivity contribution is -0.107. The number of morpholine rings is 1. The lowest BCUT2D eigenvalue weighted by Crippen LogP contribution is -2.49. The standard InChI is InChI=1S/C23H36N2O3/c26-21(17-24-12-4-1-5-13-24)18-27-22-8-6-20(7-9-22)16-25-14-15-28-23(19-25)10-2-3-11-23/h6-9,21,26H,1-5,10-19H2/t21-/m1/s1. The molecule has 1 atom stereocenters. The number of hydrogen-bond acceptors (Lipinski definition) is 5. The van der Waals surface area contributed by atoms with Gasteiger partial charge < -0.3 is 19.5 Å². The van der Waals surface area contributed by atoms with Gasteiger partial charge in [-0.2, -0.15) is 0 Å². The summed E-state index contributed by atoms with van der Waals surface area (Å²) < 4.78 is 12.0. The zero-order valence-electron chi connectivity index (χ0n) is 17.2. The van der Waals surface area contributed by atoms with Crippen molar-refractivity contribution in [3.05, 3.63) is 29.8 Å². The Morgan fingerprint density at radius 2 is 1.71 bits per heavy atom. The van der Waals surface area contributed by atoms with Crippen molar-refractivity contribution >= 4 is 0 Å². The Morgan fingerprint density at radius 1 is 0.964 bits per heavy atom. The molecule has 0 amide bonds. The van der Waals surface area contributed by atoms with E-state index in [4.69, 9.17) is 9.47 Å². The van der Waals surface area contributed by atoms with Crippen molar-refractivity contribution in [1.29, 1.82) is 0 Å². The Bertz CT molecular complexity index is 594. The van der Waals surface area contributed by atoms with Crippen LogP contribution in [0.25, 0.3) is 0 Å². The molecule has 1 N–H and O–H groups in total. The highest BCUT2D eigenvalue weighted by Crippen LogP contribution is 2.36. The number of nitrogens with zero attached hydrogens (tertiary/aromatic N) is 2. The maximum absolute atomic E-state index is 10.2. The number of ether oxygens (including phenoxy) is 2. The minimum absolute atomic E-state index is 0.131. The molecule has 3 aliphatic rings. The Morgan fingerprint density at radius 3 is 2.46 bits per heavy atom. The highest BCUT2D eigenvalue weighted by atomic mass is 16.5. The van der Waals surface area contributed by atoms with Crippen molar-refractivity contribution < 1.29 is 14.6 Å². The molecule has 1 aromatic carbocycles. The van der Waals surface area contributed by atoms with E-state index >= 15 is 0 Å². The fourth-order valence-electron chi connectivity index (χ4n) is 5.01. The fourth-order valence-corrected chi connectivity index (χ4v) is 5.01. The molecule has 0 unspecified atom stereocenters. The van der Waals surface area contributed by atoms with E-state index in [1.807, 2.05) is 12.1 Å². The van der Waals surface area contributed by atoms with E-state index in [2.05, 4.69) is 21.9 Å². The van der Waals surface area contributed by atoms with E-state index in [9.17, 15) is 5.11 Å². The predicted octanol–water partition coefficient (Wildman–Crippen LogP) is 3.06. The van der Waals surface area contributed by atoms with Gasteiger partial charge in [-0.3, -0.25) is 4.90 Å². The van der Waals surface area contributed by atoms with Crippen molar-refractivity contribution in [2.45, 2.75) is 63.2 Å². The minimum Gasteiger partial charge on any atom is -0.491 e. The van der Waals surface area contributed by atoms with Crippen LogP contribution >= 0.6 is 0 Å². The molecule has 3 fully saturated rings. The third-order valence-electron chi connectivity index (χ3n) is 6.53. The van der Waals surface area contributed by atoms with Crippen LogP contribution in [0.5, 0.6) is 5.75 Å². The molecule has 4 rings (SSSR count). The molecule has 2 heterocycles. The van der Waals surface area contributed by atoms with Gasteiger partial charge in [-0.25, -0.2) is 0 Å². The summed E-state index contributed by atoms with van der Waals surface area (Å²) in [6.45, 7) is 7.21. The second-order valence-electron chi connectivity index (χ2n) is 8.92. The summed E-state index contributed by atoms with van der Waals surface area (Å²) in [4.78, 5) is 4.88. The highest BCUT2D eigenvalue weighted by Gasteiger charge is 2.39. The van der Waals surface area contributed by atoms with Crippen LogP contribution in [-0.4, -0.2) is 72.5 Å².